The largest absolute Gasteiger partial charge is 0.351 e. The zero-order valence-corrected chi connectivity index (χ0v) is 16.7. The molecule has 7 heteroatoms. The van der Waals surface area contributed by atoms with Crippen LogP contribution in [-0.2, 0) is 24.9 Å². The number of hydrogen-bond donors (Lipinski definition) is 3. The van der Waals surface area contributed by atoms with Crippen molar-refractivity contribution in [3.8, 4) is 0 Å². The highest BCUT2D eigenvalue weighted by molar-refractivity contribution is 5.82. The van der Waals surface area contributed by atoms with Crippen LogP contribution in [0.15, 0.2) is 30.5 Å². The van der Waals surface area contributed by atoms with E-state index in [2.05, 4.69) is 50.4 Å². The van der Waals surface area contributed by atoms with Crippen LogP contribution in [0.25, 0.3) is 0 Å². The lowest BCUT2D eigenvalue weighted by atomic mass is 10.0. The lowest BCUT2D eigenvalue weighted by Gasteiger charge is -2.15. The molecule has 1 amide bonds. The molecule has 3 heterocycles. The number of nitrogens with zero attached hydrogens (tertiary/aromatic N) is 3. The number of benzene rings is 1. The van der Waals surface area contributed by atoms with Gasteiger partial charge in [-0.25, -0.2) is 10.9 Å². The van der Waals surface area contributed by atoms with Crippen LogP contribution >= 0.6 is 0 Å². The number of hydrogen-bond acceptors (Lipinski definition) is 5. The highest BCUT2D eigenvalue weighted by Gasteiger charge is 2.31. The van der Waals surface area contributed by atoms with Gasteiger partial charge < -0.3 is 5.32 Å². The van der Waals surface area contributed by atoms with E-state index in [4.69, 9.17) is 0 Å². The zero-order valence-electron chi connectivity index (χ0n) is 16.7. The summed E-state index contributed by atoms with van der Waals surface area (Å²) < 4.78 is 1.81. The van der Waals surface area contributed by atoms with Crippen LogP contribution in [0.3, 0.4) is 0 Å². The Hall–Kier alpha value is -2.22. The van der Waals surface area contributed by atoms with Gasteiger partial charge in [0.05, 0.1) is 11.7 Å². The smallest absolute Gasteiger partial charge is 0.238 e. The molecule has 4 rings (SSSR count). The van der Waals surface area contributed by atoms with Gasteiger partial charge in [0.15, 0.2) is 0 Å². The van der Waals surface area contributed by atoms with Gasteiger partial charge in [0.1, 0.15) is 6.04 Å². The number of carbonyl (C=O) groups is 1. The lowest BCUT2D eigenvalue weighted by molar-refractivity contribution is -0.123. The Morgan fingerprint density at radius 3 is 2.79 bits per heavy atom. The first kappa shape index (κ1) is 19.1. The highest BCUT2D eigenvalue weighted by Crippen LogP contribution is 2.24. The number of nitrogens with one attached hydrogen (secondary N) is 3. The van der Waals surface area contributed by atoms with E-state index in [9.17, 15) is 4.79 Å². The third kappa shape index (κ3) is 4.43. The van der Waals surface area contributed by atoms with Crippen molar-refractivity contribution in [3.63, 3.8) is 0 Å². The first-order chi connectivity index (χ1) is 13.6. The number of aromatic nitrogens is 2. The zero-order chi connectivity index (χ0) is 19.5. The van der Waals surface area contributed by atoms with Crippen LogP contribution in [-0.4, -0.2) is 39.7 Å². The standard InChI is InChI=1S/C21H30N6O/c1-15-18(14-26(2)25-15)19-11-20(24-23-19)21(28)22-12-16-6-5-7-17(10-16)13-27-8-3-4-9-27/h5-7,10,14,19-20,23-24H,3-4,8-9,11-13H2,1-2H3,(H,22,28). The number of rotatable bonds is 6. The number of likely N-dealkylation sites (tertiary alicyclic amines) is 1. The van der Waals surface area contributed by atoms with Gasteiger partial charge in [-0.2, -0.15) is 5.10 Å². The van der Waals surface area contributed by atoms with E-state index in [1.54, 1.807) is 0 Å². The molecule has 7 nitrogen and oxygen atoms in total. The van der Waals surface area contributed by atoms with Crippen LogP contribution in [0.4, 0.5) is 0 Å². The molecule has 2 atom stereocenters. The Bertz CT molecular complexity index is 826. The molecule has 2 unspecified atom stereocenters. The molecule has 28 heavy (non-hydrogen) atoms. The van der Waals surface area contributed by atoms with Gasteiger partial charge in [0, 0.05) is 31.9 Å². The van der Waals surface area contributed by atoms with Crippen LogP contribution in [0, 0.1) is 6.92 Å². The molecular formula is C21H30N6O. The monoisotopic (exact) mass is 382 g/mol. The predicted molar refractivity (Wildman–Crippen MR) is 108 cm³/mol. The van der Waals surface area contributed by atoms with E-state index in [-0.39, 0.29) is 18.0 Å². The summed E-state index contributed by atoms with van der Waals surface area (Å²) in [5.74, 6) is 0.0292. The minimum Gasteiger partial charge on any atom is -0.351 e. The summed E-state index contributed by atoms with van der Waals surface area (Å²) in [5.41, 5.74) is 11.0. The van der Waals surface area contributed by atoms with Crippen molar-refractivity contribution >= 4 is 5.91 Å². The van der Waals surface area contributed by atoms with Crippen molar-refractivity contribution in [3.05, 3.63) is 52.8 Å². The second kappa shape index (κ2) is 8.43. The first-order valence-corrected chi connectivity index (χ1v) is 10.2. The Kier molecular flexibility index (Phi) is 5.75. The maximum atomic E-state index is 12.6. The van der Waals surface area contributed by atoms with Crippen molar-refractivity contribution in [1.82, 2.24) is 30.8 Å². The quantitative estimate of drug-likeness (QED) is 0.707. The molecule has 0 aliphatic carbocycles. The molecule has 3 N–H and O–H groups in total. The van der Waals surface area contributed by atoms with E-state index in [0.29, 0.717) is 13.0 Å². The summed E-state index contributed by atoms with van der Waals surface area (Å²) in [6.45, 7) is 5.95. The molecule has 2 saturated heterocycles. The van der Waals surface area contributed by atoms with Crippen molar-refractivity contribution in [2.24, 2.45) is 7.05 Å². The molecule has 1 aromatic carbocycles. The summed E-state index contributed by atoms with van der Waals surface area (Å²) in [7, 11) is 1.92. The van der Waals surface area contributed by atoms with Crippen molar-refractivity contribution in [2.45, 2.75) is 51.4 Å². The van der Waals surface area contributed by atoms with Crippen molar-refractivity contribution in [1.29, 1.82) is 0 Å². The third-order valence-corrected chi connectivity index (χ3v) is 5.71. The second-order valence-corrected chi connectivity index (χ2v) is 7.99. The van der Waals surface area contributed by atoms with Gasteiger partial charge in [-0.1, -0.05) is 24.3 Å². The minimum atomic E-state index is -0.239. The molecule has 2 aliphatic rings. The number of hydrazine groups is 1. The summed E-state index contributed by atoms with van der Waals surface area (Å²) in [4.78, 5) is 15.1. The van der Waals surface area contributed by atoms with Gasteiger partial charge in [0.2, 0.25) is 5.91 Å². The molecule has 150 valence electrons. The van der Waals surface area contributed by atoms with Crippen molar-refractivity contribution < 1.29 is 4.79 Å². The Labute approximate surface area is 166 Å². The normalized spacial score (nSPS) is 22.6. The molecular weight excluding hydrogens is 352 g/mol. The molecule has 2 fully saturated rings. The van der Waals surface area contributed by atoms with Gasteiger partial charge in [-0.3, -0.25) is 14.4 Å². The second-order valence-electron chi connectivity index (χ2n) is 7.99. The van der Waals surface area contributed by atoms with Crippen LogP contribution in [0.5, 0.6) is 0 Å². The minimum absolute atomic E-state index is 0.0292. The molecule has 2 aliphatic heterocycles. The summed E-state index contributed by atoms with van der Waals surface area (Å²) in [5, 5.41) is 7.47. The topological polar surface area (TPSA) is 74.2 Å². The first-order valence-electron chi connectivity index (χ1n) is 10.2. The van der Waals surface area contributed by atoms with E-state index in [1.807, 2.05) is 24.9 Å². The van der Waals surface area contributed by atoms with Crippen LogP contribution < -0.4 is 16.2 Å². The summed E-state index contributed by atoms with van der Waals surface area (Å²) in [6, 6.07) is 8.41. The molecule has 0 saturated carbocycles. The predicted octanol–water partition coefficient (Wildman–Crippen LogP) is 1.55. The van der Waals surface area contributed by atoms with Gasteiger partial charge in [0.25, 0.3) is 0 Å². The van der Waals surface area contributed by atoms with E-state index in [0.717, 1.165) is 23.4 Å². The molecule has 0 radical (unpaired) electrons. The maximum Gasteiger partial charge on any atom is 0.238 e. The fourth-order valence-corrected chi connectivity index (χ4v) is 4.24. The van der Waals surface area contributed by atoms with E-state index >= 15 is 0 Å². The highest BCUT2D eigenvalue weighted by atomic mass is 16.2. The average molecular weight is 383 g/mol. The number of carbonyl (C=O) groups excluding carboxylic acids is 1. The Morgan fingerprint density at radius 2 is 2.04 bits per heavy atom. The summed E-state index contributed by atoms with van der Waals surface area (Å²) in [6.07, 6.45) is 5.34. The van der Waals surface area contributed by atoms with Gasteiger partial charge in [-0.05, 0) is 50.4 Å². The molecule has 2 aromatic rings. The van der Waals surface area contributed by atoms with Crippen molar-refractivity contribution in [2.75, 3.05) is 13.1 Å². The molecule has 0 spiro atoms. The van der Waals surface area contributed by atoms with Crippen LogP contribution in [0.1, 0.15) is 47.7 Å². The van der Waals surface area contributed by atoms with Crippen LogP contribution in [0.2, 0.25) is 0 Å². The fraction of sp³-hybridized carbons (Fsp3) is 0.524. The number of aryl methyl sites for hydroxylation is 2. The molecule has 1 aromatic heterocycles. The SMILES string of the molecule is Cc1nn(C)cc1C1CC(C(=O)NCc2cccc(CN3CCCC3)c2)NN1. The summed E-state index contributed by atoms with van der Waals surface area (Å²) >= 11 is 0. The van der Waals surface area contributed by atoms with Gasteiger partial charge >= 0.3 is 0 Å². The molecule has 0 bridgehead atoms. The average Bonchev–Trinajstić information content (AvgIpc) is 3.41. The third-order valence-electron chi connectivity index (χ3n) is 5.71. The van der Waals surface area contributed by atoms with Gasteiger partial charge in [-0.15, -0.1) is 0 Å². The lowest BCUT2D eigenvalue weighted by Crippen LogP contribution is -2.42. The van der Waals surface area contributed by atoms with E-state index in [1.165, 1.54) is 31.5 Å². The van der Waals surface area contributed by atoms with E-state index < -0.39 is 0 Å². The Balaban J connectivity index is 1.29. The maximum absolute atomic E-state index is 12.6. The fourth-order valence-electron chi connectivity index (χ4n) is 4.24. The Morgan fingerprint density at radius 1 is 1.25 bits per heavy atom. The number of amides is 1.